The number of nitriles is 1. The molecule has 1 fully saturated rings. The molecule has 0 amide bonds. The molecule has 0 N–H and O–H groups in total. The van der Waals surface area contributed by atoms with Crippen LogP contribution in [-0.2, 0) is 21.2 Å². The Morgan fingerprint density at radius 2 is 1.29 bits per heavy atom. The molecule has 2 heterocycles. The topological polar surface area (TPSA) is 45.5 Å². The van der Waals surface area contributed by atoms with Gasteiger partial charge in [-0.25, -0.2) is 0 Å². The quantitative estimate of drug-likeness (QED) is 0.182. The summed E-state index contributed by atoms with van der Waals surface area (Å²) in [6.07, 6.45) is 4.64. The monoisotopic (exact) mass is 726 g/mol. The summed E-state index contributed by atoms with van der Waals surface area (Å²) in [5.41, 5.74) is 13.9. The fourth-order valence-corrected chi connectivity index (χ4v) is 10.6. The lowest BCUT2D eigenvalue weighted by molar-refractivity contribution is 0.122. The van der Waals surface area contributed by atoms with Crippen LogP contribution in [0.3, 0.4) is 0 Å². The van der Waals surface area contributed by atoms with E-state index in [1.807, 2.05) is 6.07 Å². The Bertz CT molecular complexity index is 2890. The molecule has 2 aliphatic heterocycles. The van der Waals surface area contributed by atoms with E-state index in [9.17, 15) is 5.26 Å². The van der Waals surface area contributed by atoms with Crippen molar-refractivity contribution in [2.45, 2.75) is 44.1 Å². The van der Waals surface area contributed by atoms with Crippen molar-refractivity contribution >= 4 is 33.3 Å². The maximum Gasteiger partial charge on any atom is 0.178 e. The van der Waals surface area contributed by atoms with Crippen LogP contribution in [0.1, 0.15) is 72.2 Å². The standard InChI is InChI=1S/C52H42N2O2/c1-50(2)45-30-35(17-22-38(45)40-21-14-33-9-5-6-10-37(33)47(40)50)52(34-15-18-36(19-16-34)54-25-27-55-28-26-54)24-23-43-48-46(39-11-7-8-12-41(39)49(43)56-52)42-20-13-32(31-53)29-44(42)51(48,3)4/h5-24,29-30H,25-28H2,1-4H3. The summed E-state index contributed by atoms with van der Waals surface area (Å²) in [6.45, 7) is 12.6. The normalized spacial score (nSPS) is 19.4. The van der Waals surface area contributed by atoms with Crippen molar-refractivity contribution < 1.29 is 9.47 Å². The van der Waals surface area contributed by atoms with Crippen molar-refractivity contribution in [2.24, 2.45) is 0 Å². The molecule has 272 valence electrons. The van der Waals surface area contributed by atoms with Crippen LogP contribution in [0.5, 0.6) is 5.75 Å². The molecule has 1 unspecified atom stereocenters. The van der Waals surface area contributed by atoms with Crippen molar-refractivity contribution in [3.8, 4) is 34.1 Å². The zero-order valence-corrected chi connectivity index (χ0v) is 32.2. The minimum Gasteiger partial charge on any atom is -0.472 e. The summed E-state index contributed by atoms with van der Waals surface area (Å²) in [5, 5.41) is 14.7. The zero-order valence-electron chi connectivity index (χ0n) is 32.2. The predicted molar refractivity (Wildman–Crippen MR) is 228 cm³/mol. The number of hydrogen-bond acceptors (Lipinski definition) is 4. The maximum absolute atomic E-state index is 9.88. The molecular weight excluding hydrogens is 685 g/mol. The third-order valence-corrected chi connectivity index (χ3v) is 13.3. The van der Waals surface area contributed by atoms with Crippen LogP contribution in [0.15, 0.2) is 127 Å². The minimum atomic E-state index is -0.904. The van der Waals surface area contributed by atoms with Gasteiger partial charge in [0.1, 0.15) is 5.75 Å². The Kier molecular flexibility index (Phi) is 6.93. The van der Waals surface area contributed by atoms with E-state index in [4.69, 9.17) is 9.47 Å². The Labute approximate surface area is 328 Å². The fraction of sp³-hybridized carbons (Fsp3) is 0.212. The molecule has 4 heteroatoms. The number of morpholine rings is 1. The van der Waals surface area contributed by atoms with Crippen molar-refractivity contribution in [1.29, 1.82) is 5.26 Å². The molecule has 1 saturated heterocycles. The average Bonchev–Trinajstić information content (AvgIpc) is 3.63. The molecular formula is C52H42N2O2. The molecule has 0 spiro atoms. The third-order valence-electron chi connectivity index (χ3n) is 13.3. The van der Waals surface area contributed by atoms with Crippen LogP contribution in [0.4, 0.5) is 5.69 Å². The number of benzene rings is 7. The summed E-state index contributed by atoms with van der Waals surface area (Å²) >= 11 is 0. The minimum absolute atomic E-state index is 0.217. The molecule has 11 rings (SSSR count). The van der Waals surface area contributed by atoms with Gasteiger partial charge in [0.2, 0.25) is 0 Å². The van der Waals surface area contributed by atoms with Gasteiger partial charge in [0.15, 0.2) is 5.60 Å². The van der Waals surface area contributed by atoms with Gasteiger partial charge in [-0.05, 0) is 97.1 Å². The van der Waals surface area contributed by atoms with E-state index in [-0.39, 0.29) is 10.8 Å². The first kappa shape index (κ1) is 33.2. The lowest BCUT2D eigenvalue weighted by Gasteiger charge is -2.39. The number of ether oxygens (including phenoxy) is 2. The van der Waals surface area contributed by atoms with Crippen LogP contribution in [0, 0.1) is 11.3 Å². The lowest BCUT2D eigenvalue weighted by Crippen LogP contribution is -2.37. The first-order valence-corrected chi connectivity index (χ1v) is 19.8. The van der Waals surface area contributed by atoms with Crippen LogP contribution in [-0.4, -0.2) is 26.3 Å². The third kappa shape index (κ3) is 4.44. The molecule has 2 aliphatic carbocycles. The fourth-order valence-electron chi connectivity index (χ4n) is 10.6. The summed E-state index contributed by atoms with van der Waals surface area (Å²) in [4.78, 5) is 2.40. The molecule has 0 bridgehead atoms. The Morgan fingerprint density at radius 1 is 0.625 bits per heavy atom. The number of hydrogen-bond donors (Lipinski definition) is 0. The number of nitrogens with zero attached hydrogens (tertiary/aromatic N) is 2. The molecule has 0 aromatic heterocycles. The second kappa shape index (κ2) is 11.7. The van der Waals surface area contributed by atoms with Gasteiger partial charge in [0, 0.05) is 51.7 Å². The molecule has 0 radical (unpaired) electrons. The van der Waals surface area contributed by atoms with Crippen LogP contribution >= 0.6 is 0 Å². The maximum atomic E-state index is 9.88. The van der Waals surface area contributed by atoms with Gasteiger partial charge in [0.05, 0.1) is 24.8 Å². The van der Waals surface area contributed by atoms with Gasteiger partial charge in [-0.15, -0.1) is 0 Å². The van der Waals surface area contributed by atoms with Gasteiger partial charge < -0.3 is 14.4 Å². The first-order chi connectivity index (χ1) is 27.2. The summed E-state index contributed by atoms with van der Waals surface area (Å²) < 4.78 is 13.4. The van der Waals surface area contributed by atoms with Gasteiger partial charge >= 0.3 is 0 Å². The molecule has 7 aromatic carbocycles. The SMILES string of the molecule is CC1(C)c2cc(C#N)ccc2-c2c1c1c(c3ccccc23)OC(c2ccc(N3CCOCC3)cc2)(c2ccc3c(c2)C(C)(C)c2c-3ccc3ccccc23)C=C1. The number of anilines is 1. The summed E-state index contributed by atoms with van der Waals surface area (Å²) in [7, 11) is 0. The first-order valence-electron chi connectivity index (χ1n) is 19.8. The van der Waals surface area contributed by atoms with E-state index in [1.54, 1.807) is 0 Å². The van der Waals surface area contributed by atoms with Gasteiger partial charge in [-0.3, -0.25) is 0 Å². The second-order valence-corrected chi connectivity index (χ2v) is 16.9. The average molecular weight is 727 g/mol. The lowest BCUT2D eigenvalue weighted by atomic mass is 9.75. The molecule has 4 aliphatic rings. The number of fused-ring (bicyclic) bond motifs is 13. The van der Waals surface area contributed by atoms with E-state index in [2.05, 4.69) is 166 Å². The van der Waals surface area contributed by atoms with E-state index in [0.29, 0.717) is 5.56 Å². The highest BCUT2D eigenvalue weighted by Gasteiger charge is 2.46. The van der Waals surface area contributed by atoms with Gasteiger partial charge in [-0.2, -0.15) is 5.26 Å². The van der Waals surface area contributed by atoms with E-state index in [1.165, 1.54) is 66.4 Å². The highest BCUT2D eigenvalue weighted by atomic mass is 16.5. The molecule has 1 atom stereocenters. The Balaban J connectivity index is 1.14. The Hall–Kier alpha value is -6.15. The van der Waals surface area contributed by atoms with E-state index in [0.717, 1.165) is 54.1 Å². The van der Waals surface area contributed by atoms with Gasteiger partial charge in [0.25, 0.3) is 0 Å². The largest absolute Gasteiger partial charge is 0.472 e. The van der Waals surface area contributed by atoms with Crippen molar-refractivity contribution in [3.05, 3.63) is 172 Å². The van der Waals surface area contributed by atoms with Crippen molar-refractivity contribution in [1.82, 2.24) is 0 Å². The van der Waals surface area contributed by atoms with Crippen LogP contribution < -0.4 is 9.64 Å². The predicted octanol–water partition coefficient (Wildman–Crippen LogP) is 11.7. The summed E-state index contributed by atoms with van der Waals surface area (Å²) in [5.74, 6) is 0.898. The number of rotatable bonds is 3. The smallest absolute Gasteiger partial charge is 0.178 e. The van der Waals surface area contributed by atoms with Crippen molar-refractivity contribution in [3.63, 3.8) is 0 Å². The van der Waals surface area contributed by atoms with Gasteiger partial charge in [-0.1, -0.05) is 125 Å². The molecule has 0 saturated carbocycles. The molecule has 4 nitrogen and oxygen atoms in total. The highest BCUT2D eigenvalue weighted by molar-refractivity contribution is 6.08. The van der Waals surface area contributed by atoms with Crippen LogP contribution in [0.25, 0.3) is 49.9 Å². The van der Waals surface area contributed by atoms with Crippen molar-refractivity contribution in [2.75, 3.05) is 31.2 Å². The van der Waals surface area contributed by atoms with E-state index < -0.39 is 5.60 Å². The molecule has 56 heavy (non-hydrogen) atoms. The molecule has 7 aromatic rings. The Morgan fingerprint density at radius 3 is 2.07 bits per heavy atom. The zero-order chi connectivity index (χ0) is 38.0. The van der Waals surface area contributed by atoms with E-state index >= 15 is 0 Å². The van der Waals surface area contributed by atoms with Crippen LogP contribution in [0.2, 0.25) is 0 Å². The highest BCUT2D eigenvalue weighted by Crippen LogP contribution is 2.59. The summed E-state index contributed by atoms with van der Waals surface area (Å²) in [6, 6.07) is 46.7. The second-order valence-electron chi connectivity index (χ2n) is 16.9.